The van der Waals surface area contributed by atoms with Crippen molar-refractivity contribution in [3.63, 3.8) is 0 Å². The molecule has 1 aliphatic rings. The van der Waals surface area contributed by atoms with Crippen LogP contribution in [0, 0.1) is 11.8 Å². The standard InChI is InChI=1S/C15H23N3O/c1-11(2)12(10-16)15(19)18-9-8-17(3)13-6-4-5-7-14(13)18/h4-7,11-12H,8-10,16H2,1-3H3. The van der Waals surface area contributed by atoms with Gasteiger partial charge in [0.05, 0.1) is 17.3 Å². The van der Waals surface area contributed by atoms with Gasteiger partial charge in [-0.3, -0.25) is 4.79 Å². The zero-order valence-corrected chi connectivity index (χ0v) is 12.0. The van der Waals surface area contributed by atoms with Gasteiger partial charge in [0.1, 0.15) is 0 Å². The lowest BCUT2D eigenvalue weighted by Gasteiger charge is -2.37. The van der Waals surface area contributed by atoms with Crippen LogP contribution in [-0.2, 0) is 4.79 Å². The molecule has 1 atom stereocenters. The number of carbonyl (C=O) groups is 1. The molecular formula is C15H23N3O. The van der Waals surface area contributed by atoms with Gasteiger partial charge in [0.25, 0.3) is 0 Å². The number of para-hydroxylation sites is 2. The molecule has 0 aromatic heterocycles. The molecule has 19 heavy (non-hydrogen) atoms. The number of carbonyl (C=O) groups excluding carboxylic acids is 1. The van der Waals surface area contributed by atoms with E-state index in [9.17, 15) is 4.79 Å². The van der Waals surface area contributed by atoms with Gasteiger partial charge in [-0.15, -0.1) is 0 Å². The van der Waals surface area contributed by atoms with E-state index in [2.05, 4.69) is 31.9 Å². The molecule has 0 aliphatic carbocycles. The Morgan fingerprint density at radius 3 is 2.47 bits per heavy atom. The lowest BCUT2D eigenvalue weighted by molar-refractivity contribution is -0.123. The summed E-state index contributed by atoms with van der Waals surface area (Å²) in [7, 11) is 2.06. The number of amides is 1. The monoisotopic (exact) mass is 261 g/mol. The topological polar surface area (TPSA) is 49.6 Å². The Morgan fingerprint density at radius 2 is 1.89 bits per heavy atom. The van der Waals surface area contributed by atoms with Crippen LogP contribution in [0.4, 0.5) is 11.4 Å². The molecule has 2 N–H and O–H groups in total. The van der Waals surface area contributed by atoms with E-state index >= 15 is 0 Å². The Bertz CT molecular complexity index is 458. The Hall–Kier alpha value is -1.55. The van der Waals surface area contributed by atoms with E-state index in [0.29, 0.717) is 6.54 Å². The van der Waals surface area contributed by atoms with E-state index in [4.69, 9.17) is 5.73 Å². The quantitative estimate of drug-likeness (QED) is 0.901. The van der Waals surface area contributed by atoms with Crippen molar-refractivity contribution in [3.8, 4) is 0 Å². The third-order valence-corrected chi connectivity index (χ3v) is 3.88. The van der Waals surface area contributed by atoms with Gasteiger partial charge in [-0.05, 0) is 18.1 Å². The molecule has 0 radical (unpaired) electrons. The normalized spacial score (nSPS) is 16.5. The van der Waals surface area contributed by atoms with Crippen molar-refractivity contribution in [2.24, 2.45) is 17.6 Å². The minimum atomic E-state index is -0.100. The van der Waals surface area contributed by atoms with Gasteiger partial charge in [0, 0.05) is 26.7 Å². The molecule has 4 nitrogen and oxygen atoms in total. The summed E-state index contributed by atoms with van der Waals surface area (Å²) in [5.74, 6) is 0.318. The number of likely N-dealkylation sites (N-methyl/N-ethyl adjacent to an activating group) is 1. The third kappa shape index (κ3) is 2.59. The first-order chi connectivity index (χ1) is 9.06. The molecule has 0 fully saturated rings. The van der Waals surface area contributed by atoms with Crippen molar-refractivity contribution in [1.82, 2.24) is 0 Å². The maximum Gasteiger partial charge on any atom is 0.231 e. The summed E-state index contributed by atoms with van der Waals surface area (Å²) in [6.07, 6.45) is 0. The Kier molecular flexibility index (Phi) is 4.10. The summed E-state index contributed by atoms with van der Waals surface area (Å²) >= 11 is 0. The van der Waals surface area contributed by atoms with Crippen molar-refractivity contribution < 1.29 is 4.79 Å². The fourth-order valence-corrected chi connectivity index (χ4v) is 2.59. The molecule has 0 bridgehead atoms. The van der Waals surface area contributed by atoms with Crippen LogP contribution >= 0.6 is 0 Å². The van der Waals surface area contributed by atoms with Crippen LogP contribution in [-0.4, -0.2) is 32.6 Å². The summed E-state index contributed by atoms with van der Waals surface area (Å²) in [6.45, 7) is 6.10. The van der Waals surface area contributed by atoms with Gasteiger partial charge in [-0.25, -0.2) is 0 Å². The molecule has 1 heterocycles. The predicted molar refractivity (Wildman–Crippen MR) is 79.4 cm³/mol. The number of benzene rings is 1. The second-order valence-corrected chi connectivity index (χ2v) is 5.49. The number of nitrogens with zero attached hydrogens (tertiary/aromatic N) is 2. The first-order valence-electron chi connectivity index (χ1n) is 6.88. The van der Waals surface area contributed by atoms with Crippen LogP contribution in [0.3, 0.4) is 0 Å². The molecule has 0 spiro atoms. The second kappa shape index (κ2) is 5.61. The van der Waals surface area contributed by atoms with Gasteiger partial charge in [0.15, 0.2) is 0 Å². The molecule has 1 aromatic carbocycles. The van der Waals surface area contributed by atoms with Crippen molar-refractivity contribution in [2.45, 2.75) is 13.8 Å². The molecule has 1 amide bonds. The second-order valence-electron chi connectivity index (χ2n) is 5.49. The number of hydrogen-bond donors (Lipinski definition) is 1. The highest BCUT2D eigenvalue weighted by Crippen LogP contribution is 2.33. The van der Waals surface area contributed by atoms with Crippen LogP contribution in [0.15, 0.2) is 24.3 Å². The largest absolute Gasteiger partial charge is 0.371 e. The molecule has 0 saturated carbocycles. The highest BCUT2D eigenvalue weighted by atomic mass is 16.2. The minimum Gasteiger partial charge on any atom is -0.371 e. The van der Waals surface area contributed by atoms with E-state index in [1.807, 2.05) is 23.1 Å². The predicted octanol–water partition coefficient (Wildman–Crippen LogP) is 1.70. The van der Waals surface area contributed by atoms with Crippen LogP contribution in [0.5, 0.6) is 0 Å². The smallest absolute Gasteiger partial charge is 0.231 e. The van der Waals surface area contributed by atoms with Crippen LogP contribution in [0.1, 0.15) is 13.8 Å². The van der Waals surface area contributed by atoms with Crippen molar-refractivity contribution >= 4 is 17.3 Å². The highest BCUT2D eigenvalue weighted by Gasteiger charge is 2.30. The lowest BCUT2D eigenvalue weighted by atomic mass is 9.94. The first kappa shape index (κ1) is 13.9. The highest BCUT2D eigenvalue weighted by molar-refractivity contribution is 5.99. The van der Waals surface area contributed by atoms with Gasteiger partial charge in [-0.2, -0.15) is 0 Å². The lowest BCUT2D eigenvalue weighted by Crippen LogP contribution is -2.47. The van der Waals surface area contributed by atoms with E-state index in [0.717, 1.165) is 24.5 Å². The van der Waals surface area contributed by atoms with E-state index < -0.39 is 0 Å². The Morgan fingerprint density at radius 1 is 1.26 bits per heavy atom. The van der Waals surface area contributed by atoms with Crippen molar-refractivity contribution in [1.29, 1.82) is 0 Å². The average molecular weight is 261 g/mol. The summed E-state index contributed by atoms with van der Waals surface area (Å²) in [5, 5.41) is 0. The summed E-state index contributed by atoms with van der Waals surface area (Å²) in [5.41, 5.74) is 7.88. The molecule has 4 heteroatoms. The van der Waals surface area contributed by atoms with Gasteiger partial charge in [0.2, 0.25) is 5.91 Å². The zero-order chi connectivity index (χ0) is 14.0. The number of rotatable bonds is 3. The Balaban J connectivity index is 2.32. The van der Waals surface area contributed by atoms with Crippen molar-refractivity contribution in [2.75, 3.05) is 36.5 Å². The minimum absolute atomic E-state index is 0.100. The molecule has 1 aromatic rings. The maximum absolute atomic E-state index is 12.7. The van der Waals surface area contributed by atoms with Gasteiger partial charge in [-0.1, -0.05) is 26.0 Å². The Labute approximate surface area is 115 Å². The summed E-state index contributed by atoms with van der Waals surface area (Å²) in [6, 6.07) is 8.05. The maximum atomic E-state index is 12.7. The summed E-state index contributed by atoms with van der Waals surface area (Å²) < 4.78 is 0. The van der Waals surface area contributed by atoms with Gasteiger partial charge < -0.3 is 15.5 Å². The molecule has 0 saturated heterocycles. The average Bonchev–Trinajstić information content (AvgIpc) is 2.39. The molecule has 1 aliphatic heterocycles. The van der Waals surface area contributed by atoms with Crippen LogP contribution in [0.2, 0.25) is 0 Å². The van der Waals surface area contributed by atoms with Gasteiger partial charge >= 0.3 is 0 Å². The van der Waals surface area contributed by atoms with E-state index in [-0.39, 0.29) is 17.7 Å². The third-order valence-electron chi connectivity index (χ3n) is 3.88. The molecule has 2 rings (SSSR count). The number of nitrogens with two attached hydrogens (primary N) is 1. The summed E-state index contributed by atoms with van der Waals surface area (Å²) in [4.78, 5) is 16.7. The zero-order valence-electron chi connectivity index (χ0n) is 12.0. The SMILES string of the molecule is CC(C)C(CN)C(=O)N1CCN(C)c2ccccc21. The number of anilines is 2. The van der Waals surface area contributed by atoms with Crippen molar-refractivity contribution in [3.05, 3.63) is 24.3 Å². The van der Waals surface area contributed by atoms with Crippen LogP contribution in [0.25, 0.3) is 0 Å². The molecule has 104 valence electrons. The van der Waals surface area contributed by atoms with Crippen LogP contribution < -0.4 is 15.5 Å². The fraction of sp³-hybridized carbons (Fsp3) is 0.533. The first-order valence-corrected chi connectivity index (χ1v) is 6.88. The molecule has 1 unspecified atom stereocenters. The van der Waals surface area contributed by atoms with E-state index in [1.54, 1.807) is 0 Å². The number of fused-ring (bicyclic) bond motifs is 1. The number of hydrogen-bond acceptors (Lipinski definition) is 3. The molecular weight excluding hydrogens is 238 g/mol. The fourth-order valence-electron chi connectivity index (χ4n) is 2.59. The van der Waals surface area contributed by atoms with E-state index in [1.165, 1.54) is 0 Å².